The minimum Gasteiger partial charge on any atom is -0.271 e. The van der Waals surface area contributed by atoms with Gasteiger partial charge < -0.3 is 0 Å². The molecule has 3 nitrogen and oxygen atoms in total. The number of pyridine rings is 1. The summed E-state index contributed by atoms with van der Waals surface area (Å²) in [7, 11) is 0. The molecular formula is C17H20BrN3. The van der Waals surface area contributed by atoms with Crippen molar-refractivity contribution < 1.29 is 0 Å². The van der Waals surface area contributed by atoms with Crippen LogP contribution in [0, 0.1) is 0 Å². The molecule has 3 N–H and O–H groups in total. The largest absolute Gasteiger partial charge is 0.271 e. The van der Waals surface area contributed by atoms with Crippen molar-refractivity contribution >= 4 is 15.9 Å². The minimum absolute atomic E-state index is 0.222. The van der Waals surface area contributed by atoms with Crippen LogP contribution in [0.4, 0.5) is 0 Å². The van der Waals surface area contributed by atoms with E-state index in [-0.39, 0.29) is 6.04 Å². The van der Waals surface area contributed by atoms with Crippen LogP contribution in [-0.4, -0.2) is 11.0 Å². The summed E-state index contributed by atoms with van der Waals surface area (Å²) in [6.45, 7) is 0. The lowest BCUT2D eigenvalue weighted by atomic mass is 9.80. The molecule has 0 fully saturated rings. The van der Waals surface area contributed by atoms with Crippen LogP contribution in [0.1, 0.15) is 35.6 Å². The molecular weight excluding hydrogens is 326 g/mol. The maximum atomic E-state index is 5.85. The topological polar surface area (TPSA) is 50.9 Å². The Labute approximate surface area is 134 Å². The van der Waals surface area contributed by atoms with E-state index in [0.717, 1.165) is 23.7 Å². The third-order valence-corrected chi connectivity index (χ3v) is 4.84. The van der Waals surface area contributed by atoms with Gasteiger partial charge in [0, 0.05) is 28.3 Å². The second-order valence-corrected chi connectivity index (χ2v) is 6.57. The molecule has 0 bridgehead atoms. The fraction of sp³-hybridized carbons (Fsp3) is 0.353. The summed E-state index contributed by atoms with van der Waals surface area (Å²) in [6, 6.07) is 12.9. The Balaban J connectivity index is 1.82. The summed E-state index contributed by atoms with van der Waals surface area (Å²) in [5.74, 6) is 6.24. The average Bonchev–Trinajstić information content (AvgIpc) is 2.54. The van der Waals surface area contributed by atoms with Gasteiger partial charge in [-0.3, -0.25) is 16.3 Å². The van der Waals surface area contributed by atoms with E-state index < -0.39 is 0 Å². The summed E-state index contributed by atoms with van der Waals surface area (Å²) in [5, 5.41) is 0. The van der Waals surface area contributed by atoms with Crippen LogP contribution in [0.25, 0.3) is 0 Å². The van der Waals surface area contributed by atoms with Crippen molar-refractivity contribution in [3.63, 3.8) is 0 Å². The average molecular weight is 346 g/mol. The maximum absolute atomic E-state index is 5.85. The van der Waals surface area contributed by atoms with Crippen LogP contribution in [-0.2, 0) is 12.8 Å². The molecule has 0 saturated heterocycles. The SMILES string of the molecule is NNC(Cc1ccc(Br)cc1)C1CCCc2cccnc21. The molecule has 21 heavy (non-hydrogen) atoms. The van der Waals surface area contributed by atoms with Crippen molar-refractivity contribution in [2.45, 2.75) is 37.6 Å². The van der Waals surface area contributed by atoms with Gasteiger partial charge in [-0.15, -0.1) is 0 Å². The number of benzene rings is 1. The Morgan fingerprint density at radius 2 is 2.10 bits per heavy atom. The van der Waals surface area contributed by atoms with Crippen LogP contribution >= 0.6 is 15.9 Å². The summed E-state index contributed by atoms with van der Waals surface area (Å²) in [6.07, 6.45) is 6.31. The van der Waals surface area contributed by atoms with E-state index in [4.69, 9.17) is 5.84 Å². The van der Waals surface area contributed by atoms with Crippen molar-refractivity contribution in [1.82, 2.24) is 10.4 Å². The van der Waals surface area contributed by atoms with E-state index in [1.165, 1.54) is 23.2 Å². The van der Waals surface area contributed by atoms with Crippen molar-refractivity contribution in [2.24, 2.45) is 5.84 Å². The standard InChI is InChI=1S/C17H20BrN3/c18-14-8-6-12(7-9-14)11-16(21-19)15-5-1-3-13-4-2-10-20-17(13)15/h2,4,6-10,15-16,21H,1,3,5,11,19H2. The molecule has 2 aromatic rings. The van der Waals surface area contributed by atoms with E-state index in [2.05, 4.69) is 56.7 Å². The van der Waals surface area contributed by atoms with Crippen LogP contribution in [0.15, 0.2) is 47.1 Å². The molecule has 0 amide bonds. The molecule has 2 unspecified atom stereocenters. The summed E-state index contributed by atoms with van der Waals surface area (Å²) in [5.41, 5.74) is 6.92. The molecule has 3 rings (SSSR count). The van der Waals surface area contributed by atoms with Crippen LogP contribution in [0.3, 0.4) is 0 Å². The molecule has 1 aliphatic rings. The van der Waals surface area contributed by atoms with E-state index in [9.17, 15) is 0 Å². The zero-order valence-electron chi connectivity index (χ0n) is 11.9. The monoisotopic (exact) mass is 345 g/mol. The van der Waals surface area contributed by atoms with Crippen molar-refractivity contribution in [3.05, 3.63) is 63.9 Å². The normalized spacial score (nSPS) is 19.0. The van der Waals surface area contributed by atoms with E-state index >= 15 is 0 Å². The number of nitrogens with zero attached hydrogens (tertiary/aromatic N) is 1. The van der Waals surface area contributed by atoms with Crippen molar-refractivity contribution in [3.8, 4) is 0 Å². The molecule has 1 aromatic carbocycles. The Morgan fingerprint density at radius 1 is 1.29 bits per heavy atom. The quantitative estimate of drug-likeness (QED) is 0.660. The predicted molar refractivity (Wildman–Crippen MR) is 88.9 cm³/mol. The second kappa shape index (κ2) is 6.69. The number of rotatable bonds is 4. The Morgan fingerprint density at radius 3 is 2.86 bits per heavy atom. The van der Waals surface area contributed by atoms with Gasteiger partial charge in [0.15, 0.2) is 0 Å². The molecule has 1 aliphatic carbocycles. The summed E-state index contributed by atoms with van der Waals surface area (Å²) in [4.78, 5) is 4.62. The van der Waals surface area contributed by atoms with Gasteiger partial charge in [0.05, 0.1) is 0 Å². The zero-order chi connectivity index (χ0) is 14.7. The Kier molecular flexibility index (Phi) is 4.68. The van der Waals surface area contributed by atoms with Gasteiger partial charge in [0.2, 0.25) is 0 Å². The number of hydrogen-bond acceptors (Lipinski definition) is 3. The number of hydrogen-bond donors (Lipinski definition) is 2. The first-order chi connectivity index (χ1) is 10.3. The lowest BCUT2D eigenvalue weighted by Gasteiger charge is -2.31. The van der Waals surface area contributed by atoms with Gasteiger partial charge in [0.25, 0.3) is 0 Å². The lowest BCUT2D eigenvalue weighted by Crippen LogP contribution is -2.42. The molecule has 2 atom stereocenters. The molecule has 1 heterocycles. The number of nitrogens with two attached hydrogens (primary N) is 1. The van der Waals surface area contributed by atoms with Crippen LogP contribution < -0.4 is 11.3 Å². The number of fused-ring (bicyclic) bond motifs is 1. The van der Waals surface area contributed by atoms with Crippen molar-refractivity contribution in [2.75, 3.05) is 0 Å². The number of aryl methyl sites for hydroxylation is 1. The Hall–Kier alpha value is -1.23. The number of hydrazine groups is 1. The van der Waals surface area contributed by atoms with E-state index in [0.29, 0.717) is 5.92 Å². The first-order valence-electron chi connectivity index (χ1n) is 7.42. The van der Waals surface area contributed by atoms with E-state index in [1.54, 1.807) is 0 Å². The predicted octanol–water partition coefficient (Wildman–Crippen LogP) is 3.34. The summed E-state index contributed by atoms with van der Waals surface area (Å²) >= 11 is 3.48. The second-order valence-electron chi connectivity index (χ2n) is 5.65. The molecule has 0 radical (unpaired) electrons. The molecule has 110 valence electrons. The van der Waals surface area contributed by atoms with Gasteiger partial charge >= 0.3 is 0 Å². The Bertz CT molecular complexity index is 597. The highest BCUT2D eigenvalue weighted by Crippen LogP contribution is 2.33. The highest BCUT2D eigenvalue weighted by atomic mass is 79.9. The third kappa shape index (κ3) is 3.34. The molecule has 0 saturated carbocycles. The van der Waals surface area contributed by atoms with E-state index in [1.807, 2.05) is 12.3 Å². The van der Waals surface area contributed by atoms with Gasteiger partial charge in [0.1, 0.15) is 0 Å². The van der Waals surface area contributed by atoms with Crippen LogP contribution in [0.5, 0.6) is 0 Å². The lowest BCUT2D eigenvalue weighted by molar-refractivity contribution is 0.387. The smallest absolute Gasteiger partial charge is 0.0482 e. The number of aromatic nitrogens is 1. The number of nitrogens with one attached hydrogen (secondary N) is 1. The summed E-state index contributed by atoms with van der Waals surface area (Å²) < 4.78 is 1.10. The van der Waals surface area contributed by atoms with Gasteiger partial charge in [-0.2, -0.15) is 0 Å². The minimum atomic E-state index is 0.222. The molecule has 0 aliphatic heterocycles. The highest BCUT2D eigenvalue weighted by Gasteiger charge is 2.28. The van der Waals surface area contributed by atoms with Crippen LogP contribution in [0.2, 0.25) is 0 Å². The van der Waals surface area contributed by atoms with Gasteiger partial charge in [-0.25, -0.2) is 0 Å². The first kappa shape index (κ1) is 14.7. The molecule has 0 spiro atoms. The molecule has 1 aromatic heterocycles. The fourth-order valence-corrected chi connectivity index (χ4v) is 3.49. The van der Waals surface area contributed by atoms with Crippen molar-refractivity contribution in [1.29, 1.82) is 0 Å². The zero-order valence-corrected chi connectivity index (χ0v) is 13.5. The molecule has 4 heteroatoms. The number of halogens is 1. The van der Waals surface area contributed by atoms with Gasteiger partial charge in [-0.05, 0) is 55.0 Å². The first-order valence-corrected chi connectivity index (χ1v) is 8.21. The third-order valence-electron chi connectivity index (χ3n) is 4.31. The highest BCUT2D eigenvalue weighted by molar-refractivity contribution is 9.10. The maximum Gasteiger partial charge on any atom is 0.0482 e. The van der Waals surface area contributed by atoms with Gasteiger partial charge in [-0.1, -0.05) is 34.1 Å². The fourth-order valence-electron chi connectivity index (χ4n) is 3.23.